The summed E-state index contributed by atoms with van der Waals surface area (Å²) in [6.45, 7) is 0.801. The highest BCUT2D eigenvalue weighted by molar-refractivity contribution is 4.70. The van der Waals surface area contributed by atoms with E-state index in [0.29, 0.717) is 0 Å². The van der Waals surface area contributed by atoms with Crippen LogP contribution in [0.15, 0.2) is 0 Å². The van der Waals surface area contributed by atoms with E-state index >= 15 is 0 Å². The predicted molar refractivity (Wildman–Crippen MR) is 30.8 cm³/mol. The van der Waals surface area contributed by atoms with E-state index in [-0.39, 0.29) is 0 Å². The lowest BCUT2D eigenvalue weighted by atomic mass is 10.1. The Hall–Kier alpha value is -0.160. The molecule has 0 saturated heterocycles. The van der Waals surface area contributed by atoms with Crippen LogP contribution in [0, 0.1) is 0 Å². The van der Waals surface area contributed by atoms with Gasteiger partial charge in [-0.05, 0) is 6.92 Å². The van der Waals surface area contributed by atoms with Gasteiger partial charge in [-0.15, -0.1) is 0 Å². The second-order valence-corrected chi connectivity index (χ2v) is 1.98. The molecule has 4 N–H and O–H groups in total. The molecule has 4 nitrogen and oxygen atoms in total. The van der Waals surface area contributed by atoms with Gasteiger partial charge in [0.05, 0.1) is 12.7 Å². The molecule has 0 aliphatic rings. The molecule has 0 amide bonds. The number of aliphatic hydroxyl groups excluding tert-OH is 4. The normalized spacial score (nSPS) is 21.0. The molecule has 0 fully saturated rings. The highest BCUT2D eigenvalue weighted by Crippen LogP contribution is 1.97. The molecule has 0 heterocycles. The van der Waals surface area contributed by atoms with E-state index in [1.807, 2.05) is 0 Å². The van der Waals surface area contributed by atoms with Crippen molar-refractivity contribution in [3.8, 4) is 0 Å². The maximum atomic E-state index is 8.73. The molecule has 3 atom stereocenters. The summed E-state index contributed by atoms with van der Waals surface area (Å²) in [5.41, 5.74) is 0. The van der Waals surface area contributed by atoms with Crippen LogP contribution in [-0.2, 0) is 0 Å². The summed E-state index contributed by atoms with van der Waals surface area (Å²) >= 11 is 0. The van der Waals surface area contributed by atoms with Gasteiger partial charge in [-0.1, -0.05) is 0 Å². The summed E-state index contributed by atoms with van der Waals surface area (Å²) < 4.78 is 0. The standard InChI is InChI=1S/C5H12O4/c1-3(7)5(9)4(8)2-6/h3-9H,2H2,1H3/t3?,4?,5-/m0/s1. The minimum absolute atomic E-state index is 0.536. The van der Waals surface area contributed by atoms with E-state index in [1.165, 1.54) is 6.92 Å². The zero-order chi connectivity index (χ0) is 7.44. The van der Waals surface area contributed by atoms with Crippen LogP contribution in [0.25, 0.3) is 0 Å². The third-order valence-corrected chi connectivity index (χ3v) is 1.08. The number of rotatable bonds is 3. The fourth-order valence-corrected chi connectivity index (χ4v) is 0.429. The van der Waals surface area contributed by atoms with Crippen molar-refractivity contribution in [2.24, 2.45) is 0 Å². The Morgan fingerprint density at radius 3 is 1.78 bits per heavy atom. The van der Waals surface area contributed by atoms with Crippen molar-refractivity contribution in [3.63, 3.8) is 0 Å². The zero-order valence-corrected chi connectivity index (χ0v) is 5.23. The number of hydrogen-bond donors (Lipinski definition) is 4. The summed E-state index contributed by atoms with van der Waals surface area (Å²) in [6.07, 6.45) is -3.51. The van der Waals surface area contributed by atoms with Crippen molar-refractivity contribution in [2.75, 3.05) is 6.61 Å². The second kappa shape index (κ2) is 3.79. The van der Waals surface area contributed by atoms with Gasteiger partial charge in [-0.2, -0.15) is 0 Å². The Labute approximate surface area is 53.4 Å². The van der Waals surface area contributed by atoms with Crippen LogP contribution < -0.4 is 0 Å². The number of hydrogen-bond acceptors (Lipinski definition) is 4. The molecule has 0 aromatic heterocycles. The molecular weight excluding hydrogens is 124 g/mol. The first-order valence-electron chi connectivity index (χ1n) is 2.74. The lowest BCUT2D eigenvalue weighted by Gasteiger charge is -2.17. The van der Waals surface area contributed by atoms with Crippen molar-refractivity contribution < 1.29 is 20.4 Å². The molecular formula is C5H12O4. The summed E-state index contributed by atoms with van der Waals surface area (Å²) in [7, 11) is 0. The molecule has 0 aromatic rings. The van der Waals surface area contributed by atoms with Gasteiger partial charge in [0.25, 0.3) is 0 Å². The third kappa shape index (κ3) is 2.76. The van der Waals surface area contributed by atoms with Gasteiger partial charge < -0.3 is 20.4 Å². The first kappa shape index (κ1) is 8.84. The van der Waals surface area contributed by atoms with Crippen LogP contribution in [0.1, 0.15) is 6.92 Å². The van der Waals surface area contributed by atoms with Crippen LogP contribution in [0.3, 0.4) is 0 Å². The summed E-state index contributed by atoms with van der Waals surface area (Å²) in [5, 5.41) is 34.2. The maximum absolute atomic E-state index is 8.73. The molecule has 2 unspecified atom stereocenters. The average Bonchev–Trinajstić information content (AvgIpc) is 1.84. The minimum Gasteiger partial charge on any atom is -0.394 e. The lowest BCUT2D eigenvalue weighted by molar-refractivity contribution is -0.0698. The molecule has 0 bridgehead atoms. The lowest BCUT2D eigenvalue weighted by Crippen LogP contribution is -2.37. The molecule has 0 rings (SSSR count). The topological polar surface area (TPSA) is 80.9 Å². The highest BCUT2D eigenvalue weighted by atomic mass is 16.4. The fraction of sp³-hybridized carbons (Fsp3) is 1.00. The molecule has 9 heavy (non-hydrogen) atoms. The molecule has 0 saturated carbocycles. The van der Waals surface area contributed by atoms with Gasteiger partial charge in [-0.3, -0.25) is 0 Å². The Bertz CT molecular complexity index is 73.4. The molecule has 56 valence electrons. The first-order valence-corrected chi connectivity index (χ1v) is 2.74. The summed E-state index contributed by atoms with van der Waals surface area (Å²) in [6, 6.07) is 0. The van der Waals surface area contributed by atoms with Crippen LogP contribution in [-0.4, -0.2) is 45.3 Å². The van der Waals surface area contributed by atoms with E-state index in [9.17, 15) is 0 Å². The van der Waals surface area contributed by atoms with Crippen LogP contribution in [0.2, 0.25) is 0 Å². The molecule has 0 aromatic carbocycles. The highest BCUT2D eigenvalue weighted by Gasteiger charge is 2.19. The number of aliphatic hydroxyl groups is 4. The summed E-state index contributed by atoms with van der Waals surface area (Å²) in [4.78, 5) is 0. The van der Waals surface area contributed by atoms with Crippen LogP contribution >= 0.6 is 0 Å². The third-order valence-electron chi connectivity index (χ3n) is 1.08. The maximum Gasteiger partial charge on any atom is 0.108 e. The Kier molecular flexibility index (Phi) is 3.72. The van der Waals surface area contributed by atoms with Gasteiger partial charge in [0, 0.05) is 0 Å². The van der Waals surface area contributed by atoms with E-state index in [0.717, 1.165) is 0 Å². The van der Waals surface area contributed by atoms with E-state index in [4.69, 9.17) is 20.4 Å². The van der Waals surface area contributed by atoms with Gasteiger partial charge in [0.1, 0.15) is 12.2 Å². The van der Waals surface area contributed by atoms with Crippen LogP contribution in [0.4, 0.5) is 0 Å². The Balaban J connectivity index is 3.58. The van der Waals surface area contributed by atoms with E-state index in [2.05, 4.69) is 0 Å². The van der Waals surface area contributed by atoms with Gasteiger partial charge >= 0.3 is 0 Å². The van der Waals surface area contributed by atoms with Crippen molar-refractivity contribution in [3.05, 3.63) is 0 Å². The zero-order valence-electron chi connectivity index (χ0n) is 5.23. The molecule has 0 radical (unpaired) electrons. The average molecular weight is 136 g/mol. The molecule has 0 aliphatic heterocycles. The molecule has 0 spiro atoms. The SMILES string of the molecule is CC(O)[C@H](O)C(O)CO. The van der Waals surface area contributed by atoms with Crippen molar-refractivity contribution in [1.29, 1.82) is 0 Å². The molecule has 4 heteroatoms. The fourth-order valence-electron chi connectivity index (χ4n) is 0.429. The summed E-state index contributed by atoms with van der Waals surface area (Å²) in [5.74, 6) is 0. The van der Waals surface area contributed by atoms with Crippen LogP contribution in [0.5, 0.6) is 0 Å². The van der Waals surface area contributed by atoms with Crippen molar-refractivity contribution in [1.82, 2.24) is 0 Å². The van der Waals surface area contributed by atoms with Crippen molar-refractivity contribution >= 4 is 0 Å². The Morgan fingerprint density at radius 1 is 1.22 bits per heavy atom. The second-order valence-electron chi connectivity index (χ2n) is 1.98. The van der Waals surface area contributed by atoms with Gasteiger partial charge in [0.2, 0.25) is 0 Å². The van der Waals surface area contributed by atoms with E-state index in [1.54, 1.807) is 0 Å². The van der Waals surface area contributed by atoms with E-state index < -0.39 is 24.9 Å². The molecule has 0 aliphatic carbocycles. The Morgan fingerprint density at radius 2 is 1.67 bits per heavy atom. The monoisotopic (exact) mass is 136 g/mol. The minimum atomic E-state index is -1.25. The first-order chi connectivity index (χ1) is 4.09. The largest absolute Gasteiger partial charge is 0.394 e. The predicted octanol–water partition coefficient (Wildman–Crippen LogP) is -1.92. The smallest absolute Gasteiger partial charge is 0.108 e. The van der Waals surface area contributed by atoms with Crippen molar-refractivity contribution in [2.45, 2.75) is 25.2 Å². The van der Waals surface area contributed by atoms with Gasteiger partial charge in [-0.25, -0.2) is 0 Å². The van der Waals surface area contributed by atoms with Gasteiger partial charge in [0.15, 0.2) is 0 Å². The quantitative estimate of drug-likeness (QED) is 0.364.